The fourth-order valence-corrected chi connectivity index (χ4v) is 3.44. The highest BCUT2D eigenvalue weighted by Gasteiger charge is 2.15. The van der Waals surface area contributed by atoms with E-state index < -0.39 is 24.2 Å². The third kappa shape index (κ3) is 6.08. The highest BCUT2D eigenvalue weighted by molar-refractivity contribution is 9.10. The van der Waals surface area contributed by atoms with Crippen LogP contribution in [0.2, 0.25) is 0 Å². The number of halogens is 4. The maximum absolute atomic E-state index is 14.7. The molecular formula is C24H19BrF3N7O. The normalized spacial score (nSPS) is 11.0. The van der Waals surface area contributed by atoms with Gasteiger partial charge in [0.25, 0.3) is 0 Å². The topological polar surface area (TPSA) is 96.8 Å². The fourth-order valence-electron chi connectivity index (χ4n) is 3.19. The molecule has 3 N–H and O–H groups in total. The molecule has 0 atom stereocenters. The number of carbonyl (C=O) groups excluding carboxylic acids is 1. The van der Waals surface area contributed by atoms with Crippen LogP contribution in [0.25, 0.3) is 11.1 Å². The average molecular weight is 558 g/mol. The average Bonchev–Trinajstić information content (AvgIpc) is 3.26. The second-order valence-corrected chi connectivity index (χ2v) is 8.33. The van der Waals surface area contributed by atoms with E-state index in [4.69, 9.17) is 0 Å². The number of allylic oxidation sites excluding steroid dienone is 1. The maximum atomic E-state index is 14.7. The molecule has 0 aliphatic rings. The van der Waals surface area contributed by atoms with Crippen LogP contribution in [0, 0.1) is 11.6 Å². The number of aryl methyl sites for hydroxylation is 1. The molecule has 36 heavy (non-hydrogen) atoms. The number of benzene rings is 2. The van der Waals surface area contributed by atoms with Gasteiger partial charge in [-0.05, 0) is 57.9 Å². The molecule has 2 aromatic heterocycles. The van der Waals surface area contributed by atoms with E-state index in [2.05, 4.69) is 46.9 Å². The van der Waals surface area contributed by atoms with Gasteiger partial charge in [-0.2, -0.15) is 10.1 Å². The van der Waals surface area contributed by atoms with Gasteiger partial charge in [-0.3, -0.25) is 9.48 Å². The Hall–Kier alpha value is -4.19. The first kappa shape index (κ1) is 24.9. The van der Waals surface area contributed by atoms with Crippen molar-refractivity contribution in [1.82, 2.24) is 19.7 Å². The van der Waals surface area contributed by atoms with Crippen LogP contribution in [0.1, 0.15) is 0 Å². The van der Waals surface area contributed by atoms with E-state index >= 15 is 0 Å². The first-order valence-electron chi connectivity index (χ1n) is 10.5. The lowest BCUT2D eigenvalue weighted by atomic mass is 10.1. The summed E-state index contributed by atoms with van der Waals surface area (Å²) in [7, 11) is 1.76. The fraction of sp³-hybridized carbons (Fsp3) is 0.0833. The van der Waals surface area contributed by atoms with Gasteiger partial charge in [0, 0.05) is 36.8 Å². The quantitative estimate of drug-likeness (QED) is 0.234. The Labute approximate surface area is 212 Å². The molecule has 0 aliphatic heterocycles. The Kier molecular flexibility index (Phi) is 7.64. The molecule has 0 bridgehead atoms. The Morgan fingerprint density at radius 1 is 1.08 bits per heavy atom. The van der Waals surface area contributed by atoms with Crippen molar-refractivity contribution in [3.8, 4) is 11.1 Å². The first-order chi connectivity index (χ1) is 17.3. The number of hydrogen-bond donors (Lipinski definition) is 3. The predicted octanol–water partition coefficient (Wildman–Crippen LogP) is 5.87. The van der Waals surface area contributed by atoms with E-state index in [1.807, 2.05) is 0 Å². The number of aromatic nitrogens is 4. The van der Waals surface area contributed by atoms with Gasteiger partial charge >= 0.3 is 0 Å². The SMILES string of the molecule is Cn1cc(Nc2ncc(-c3ccc(Br)c(F)c3)c(Nc3cc(NC(=O)/C=C/CF)ccc3F)n2)cn1. The lowest BCUT2D eigenvalue weighted by Gasteiger charge is -2.15. The molecule has 12 heteroatoms. The number of alkyl halides is 1. The van der Waals surface area contributed by atoms with Crippen LogP contribution in [-0.2, 0) is 11.8 Å². The lowest BCUT2D eigenvalue weighted by molar-refractivity contribution is -0.111. The van der Waals surface area contributed by atoms with Gasteiger partial charge in [0.15, 0.2) is 0 Å². The molecule has 0 spiro atoms. The number of hydrogen-bond acceptors (Lipinski definition) is 6. The van der Waals surface area contributed by atoms with E-state index in [0.717, 1.165) is 18.2 Å². The molecule has 8 nitrogen and oxygen atoms in total. The zero-order chi connectivity index (χ0) is 25.7. The zero-order valence-corrected chi connectivity index (χ0v) is 20.4. The van der Waals surface area contributed by atoms with Gasteiger partial charge in [-0.25, -0.2) is 18.2 Å². The molecule has 0 unspecified atom stereocenters. The van der Waals surface area contributed by atoms with Crippen LogP contribution >= 0.6 is 15.9 Å². The van der Waals surface area contributed by atoms with Crippen LogP contribution in [0.5, 0.6) is 0 Å². The van der Waals surface area contributed by atoms with Gasteiger partial charge in [0.1, 0.15) is 24.1 Å². The number of nitrogens with one attached hydrogen (secondary N) is 3. The van der Waals surface area contributed by atoms with E-state index in [0.29, 0.717) is 16.8 Å². The minimum Gasteiger partial charge on any atom is -0.337 e. The molecule has 0 radical (unpaired) electrons. The second-order valence-electron chi connectivity index (χ2n) is 7.48. The van der Waals surface area contributed by atoms with Crippen molar-refractivity contribution in [3.63, 3.8) is 0 Å². The first-order valence-corrected chi connectivity index (χ1v) is 11.3. The molecular weight excluding hydrogens is 539 g/mol. The van der Waals surface area contributed by atoms with Crippen LogP contribution in [0.4, 0.5) is 42.0 Å². The molecule has 2 aromatic carbocycles. The highest BCUT2D eigenvalue weighted by atomic mass is 79.9. The van der Waals surface area contributed by atoms with Gasteiger partial charge in [0.2, 0.25) is 11.9 Å². The van der Waals surface area contributed by atoms with Crippen LogP contribution in [0.3, 0.4) is 0 Å². The summed E-state index contributed by atoms with van der Waals surface area (Å²) in [6.45, 7) is -0.786. The highest BCUT2D eigenvalue weighted by Crippen LogP contribution is 2.33. The second kappa shape index (κ2) is 11.0. The van der Waals surface area contributed by atoms with E-state index in [9.17, 15) is 18.0 Å². The molecule has 1 amide bonds. The van der Waals surface area contributed by atoms with Crippen molar-refractivity contribution in [1.29, 1.82) is 0 Å². The van der Waals surface area contributed by atoms with Crippen molar-refractivity contribution in [2.24, 2.45) is 7.05 Å². The summed E-state index contributed by atoms with van der Waals surface area (Å²) >= 11 is 3.13. The van der Waals surface area contributed by atoms with E-state index in [1.54, 1.807) is 30.2 Å². The van der Waals surface area contributed by atoms with Gasteiger partial charge in [-0.15, -0.1) is 0 Å². The van der Waals surface area contributed by atoms with Gasteiger partial charge < -0.3 is 16.0 Å². The molecule has 4 aromatic rings. The number of rotatable bonds is 8. The molecule has 0 fully saturated rings. The van der Waals surface area contributed by atoms with Crippen molar-refractivity contribution >= 4 is 50.7 Å². The molecule has 4 rings (SSSR count). The standard InChI is InChI=1S/C24H19BrF3N7O/c1-35-13-16(11-30-35)32-24-29-12-17(14-4-6-18(25)20(28)9-14)23(34-24)33-21-10-15(5-7-19(21)27)31-22(36)3-2-8-26/h2-7,9-13H,8H2,1H3,(H,31,36)(H2,29,32,33,34)/b3-2+. The van der Waals surface area contributed by atoms with Crippen molar-refractivity contribution in [2.45, 2.75) is 0 Å². The predicted molar refractivity (Wildman–Crippen MR) is 135 cm³/mol. The molecule has 0 saturated carbocycles. The number of carbonyl (C=O) groups is 1. The van der Waals surface area contributed by atoms with E-state index in [1.165, 1.54) is 30.5 Å². The summed E-state index contributed by atoms with van der Waals surface area (Å²) in [5.74, 6) is -1.32. The molecule has 0 saturated heterocycles. The Morgan fingerprint density at radius 3 is 2.64 bits per heavy atom. The minimum absolute atomic E-state index is 0.00728. The summed E-state index contributed by atoms with van der Waals surface area (Å²) in [5, 5.41) is 12.5. The Balaban J connectivity index is 1.71. The lowest BCUT2D eigenvalue weighted by Crippen LogP contribution is -2.09. The summed E-state index contributed by atoms with van der Waals surface area (Å²) in [5.41, 5.74) is 1.74. The van der Waals surface area contributed by atoms with Crippen molar-refractivity contribution < 1.29 is 18.0 Å². The molecule has 184 valence electrons. The minimum atomic E-state index is -0.786. The molecule has 0 aliphatic carbocycles. The largest absolute Gasteiger partial charge is 0.337 e. The van der Waals surface area contributed by atoms with Crippen molar-refractivity contribution in [2.75, 3.05) is 22.6 Å². The van der Waals surface area contributed by atoms with Crippen LogP contribution in [0.15, 0.2) is 71.6 Å². The summed E-state index contributed by atoms with van der Waals surface area (Å²) in [6.07, 6.45) is 6.87. The third-order valence-electron chi connectivity index (χ3n) is 4.83. The maximum Gasteiger partial charge on any atom is 0.248 e. The number of amides is 1. The Bertz CT molecular complexity index is 1440. The zero-order valence-electron chi connectivity index (χ0n) is 18.8. The van der Waals surface area contributed by atoms with Gasteiger partial charge in [0.05, 0.1) is 22.0 Å². The van der Waals surface area contributed by atoms with Crippen LogP contribution in [-0.4, -0.2) is 32.3 Å². The summed E-state index contributed by atoms with van der Waals surface area (Å²) in [4.78, 5) is 20.7. The van der Waals surface area contributed by atoms with E-state index in [-0.39, 0.29) is 27.6 Å². The van der Waals surface area contributed by atoms with Gasteiger partial charge in [-0.1, -0.05) is 6.07 Å². The summed E-state index contributed by atoms with van der Waals surface area (Å²) in [6, 6.07) is 8.38. The number of nitrogens with zero attached hydrogens (tertiary/aromatic N) is 4. The molecule has 2 heterocycles. The third-order valence-corrected chi connectivity index (χ3v) is 5.47. The number of anilines is 5. The van der Waals surface area contributed by atoms with Crippen LogP contribution < -0.4 is 16.0 Å². The van der Waals surface area contributed by atoms with Crippen molar-refractivity contribution in [3.05, 3.63) is 83.2 Å². The monoisotopic (exact) mass is 557 g/mol. The Morgan fingerprint density at radius 2 is 1.92 bits per heavy atom. The summed E-state index contributed by atoms with van der Waals surface area (Å²) < 4.78 is 43.1. The smallest absolute Gasteiger partial charge is 0.248 e.